The summed E-state index contributed by atoms with van der Waals surface area (Å²) in [5.74, 6) is 0.246. The van der Waals surface area contributed by atoms with E-state index in [-0.39, 0.29) is 23.7 Å². The zero-order chi connectivity index (χ0) is 15.1. The Labute approximate surface area is 122 Å². The van der Waals surface area contributed by atoms with E-state index in [0.29, 0.717) is 0 Å². The highest BCUT2D eigenvalue weighted by molar-refractivity contribution is 6.74. The maximum absolute atomic E-state index is 9.44. The van der Waals surface area contributed by atoms with Crippen LogP contribution >= 0.6 is 0 Å². The van der Waals surface area contributed by atoms with Gasteiger partial charge in [-0.05, 0) is 24.6 Å². The zero-order valence-electron chi connectivity index (χ0n) is 14.3. The molecule has 0 bridgehead atoms. The molecule has 2 nitrogen and oxygen atoms in total. The van der Waals surface area contributed by atoms with Gasteiger partial charge in [0.2, 0.25) is 0 Å². The zero-order valence-corrected chi connectivity index (χ0v) is 15.3. The molecule has 0 fully saturated rings. The fraction of sp³-hybridized carbons (Fsp3) is 1.00. The quantitative estimate of drug-likeness (QED) is 0.479. The molecule has 0 saturated heterocycles. The van der Waals surface area contributed by atoms with Crippen molar-refractivity contribution in [3.05, 3.63) is 0 Å². The monoisotopic (exact) mass is 288 g/mol. The Morgan fingerprint density at radius 1 is 1.11 bits per heavy atom. The highest BCUT2D eigenvalue weighted by Gasteiger charge is 2.39. The molecule has 0 amide bonds. The Morgan fingerprint density at radius 2 is 1.68 bits per heavy atom. The maximum Gasteiger partial charge on any atom is 0.192 e. The summed E-state index contributed by atoms with van der Waals surface area (Å²) in [6, 6.07) is 0. The lowest BCUT2D eigenvalue weighted by atomic mass is 10.00. The molecule has 0 aliphatic carbocycles. The average molecular weight is 289 g/mol. The van der Waals surface area contributed by atoms with Crippen molar-refractivity contribution in [3.8, 4) is 0 Å². The second kappa shape index (κ2) is 8.43. The molecule has 0 aromatic rings. The Hall–Kier alpha value is 0.137. The molecule has 0 aromatic heterocycles. The van der Waals surface area contributed by atoms with Crippen LogP contribution in [0.5, 0.6) is 0 Å². The summed E-state index contributed by atoms with van der Waals surface area (Å²) in [6.07, 6.45) is 6.39. The number of aliphatic hydroxyl groups excluding tert-OH is 1. The summed E-state index contributed by atoms with van der Waals surface area (Å²) in [4.78, 5) is 0. The third-order valence-electron chi connectivity index (χ3n) is 4.52. The second-order valence-electron chi connectivity index (χ2n) is 7.43. The maximum atomic E-state index is 9.44. The Morgan fingerprint density at radius 3 is 2.11 bits per heavy atom. The van der Waals surface area contributed by atoms with Gasteiger partial charge in [-0.2, -0.15) is 0 Å². The fourth-order valence-electron chi connectivity index (χ4n) is 1.90. The molecule has 3 heteroatoms. The lowest BCUT2D eigenvalue weighted by Gasteiger charge is -2.40. The number of hydrogen-bond acceptors (Lipinski definition) is 2. The molecule has 0 rings (SSSR count). The van der Waals surface area contributed by atoms with Crippen LogP contribution in [0.15, 0.2) is 0 Å². The lowest BCUT2D eigenvalue weighted by molar-refractivity contribution is 0.0765. The van der Waals surface area contributed by atoms with Gasteiger partial charge in [-0.1, -0.05) is 60.3 Å². The van der Waals surface area contributed by atoms with Crippen molar-refractivity contribution >= 4 is 8.32 Å². The van der Waals surface area contributed by atoms with Gasteiger partial charge in [0.05, 0.1) is 0 Å². The van der Waals surface area contributed by atoms with E-state index < -0.39 is 8.32 Å². The van der Waals surface area contributed by atoms with Crippen LogP contribution in [0.2, 0.25) is 18.1 Å². The first-order chi connectivity index (χ1) is 8.65. The minimum atomic E-state index is -1.73. The third-order valence-corrected chi connectivity index (χ3v) is 9.02. The van der Waals surface area contributed by atoms with Crippen molar-refractivity contribution in [1.29, 1.82) is 0 Å². The summed E-state index contributed by atoms with van der Waals surface area (Å²) >= 11 is 0. The molecule has 0 aliphatic heterocycles. The van der Waals surface area contributed by atoms with Gasteiger partial charge in [-0.15, -0.1) is 0 Å². The van der Waals surface area contributed by atoms with Gasteiger partial charge in [0.25, 0.3) is 0 Å². The lowest BCUT2D eigenvalue weighted by Crippen LogP contribution is -2.46. The van der Waals surface area contributed by atoms with Crippen LogP contribution in [0.3, 0.4) is 0 Å². The highest BCUT2D eigenvalue weighted by Crippen LogP contribution is 2.38. The fourth-order valence-corrected chi connectivity index (χ4v) is 3.37. The molecule has 0 aromatic carbocycles. The molecular formula is C16H36O2Si. The van der Waals surface area contributed by atoms with Crippen molar-refractivity contribution < 1.29 is 9.53 Å². The van der Waals surface area contributed by atoms with E-state index in [1.165, 1.54) is 25.7 Å². The average Bonchev–Trinajstić information content (AvgIpc) is 2.30. The van der Waals surface area contributed by atoms with Crippen LogP contribution in [0.4, 0.5) is 0 Å². The number of rotatable bonds is 9. The van der Waals surface area contributed by atoms with Crippen LogP contribution in [0.1, 0.15) is 66.7 Å². The van der Waals surface area contributed by atoms with E-state index in [9.17, 15) is 5.11 Å². The summed E-state index contributed by atoms with van der Waals surface area (Å²) in [5.41, 5.74) is 0. The molecule has 0 unspecified atom stereocenters. The predicted molar refractivity (Wildman–Crippen MR) is 87.1 cm³/mol. The minimum absolute atomic E-state index is 0.225. The molecule has 0 spiro atoms. The summed E-state index contributed by atoms with van der Waals surface area (Å²) in [6.45, 7) is 16.0. The number of aliphatic hydroxyl groups is 1. The largest absolute Gasteiger partial charge is 0.414 e. The van der Waals surface area contributed by atoms with E-state index >= 15 is 0 Å². The molecule has 2 atom stereocenters. The molecule has 0 heterocycles. The van der Waals surface area contributed by atoms with E-state index in [2.05, 4.69) is 47.7 Å². The molecular weight excluding hydrogens is 252 g/mol. The van der Waals surface area contributed by atoms with Crippen molar-refractivity contribution in [2.75, 3.05) is 6.61 Å². The first kappa shape index (κ1) is 19.1. The summed E-state index contributed by atoms with van der Waals surface area (Å²) < 4.78 is 6.51. The summed E-state index contributed by atoms with van der Waals surface area (Å²) in [5, 5.41) is 9.68. The molecule has 116 valence electrons. The van der Waals surface area contributed by atoms with Crippen molar-refractivity contribution in [2.45, 2.75) is 91.0 Å². The van der Waals surface area contributed by atoms with Gasteiger partial charge in [0.1, 0.15) is 0 Å². The SMILES string of the molecule is CCCCCC[C@@H](O[Si](C)(C)C(C)(C)C)[C@@H](C)CO. The molecule has 0 saturated carbocycles. The highest BCUT2D eigenvalue weighted by atomic mass is 28.4. The van der Waals surface area contributed by atoms with Gasteiger partial charge in [0.15, 0.2) is 8.32 Å². The van der Waals surface area contributed by atoms with Crippen LogP contribution in [-0.2, 0) is 4.43 Å². The van der Waals surface area contributed by atoms with Gasteiger partial charge >= 0.3 is 0 Å². The molecule has 0 aliphatic rings. The number of hydrogen-bond donors (Lipinski definition) is 1. The predicted octanol–water partition coefficient (Wildman–Crippen LogP) is 4.98. The van der Waals surface area contributed by atoms with Crippen molar-refractivity contribution in [2.24, 2.45) is 5.92 Å². The van der Waals surface area contributed by atoms with E-state index in [1.807, 2.05) is 0 Å². The second-order valence-corrected chi connectivity index (χ2v) is 12.2. The smallest absolute Gasteiger partial charge is 0.192 e. The van der Waals surface area contributed by atoms with Crippen molar-refractivity contribution in [3.63, 3.8) is 0 Å². The Bertz CT molecular complexity index is 233. The first-order valence-electron chi connectivity index (χ1n) is 7.94. The topological polar surface area (TPSA) is 29.5 Å². The molecule has 0 radical (unpaired) electrons. The van der Waals surface area contributed by atoms with Gasteiger partial charge in [-0.25, -0.2) is 0 Å². The summed E-state index contributed by atoms with van der Waals surface area (Å²) in [7, 11) is -1.73. The van der Waals surface area contributed by atoms with E-state index in [1.54, 1.807) is 0 Å². The standard InChI is InChI=1S/C16H36O2Si/c1-8-9-10-11-12-15(14(2)13-17)18-19(6,7)16(3,4)5/h14-15,17H,8-13H2,1-7H3/t14-,15+/m0/s1. The minimum Gasteiger partial charge on any atom is -0.414 e. The van der Waals surface area contributed by atoms with Gasteiger partial charge < -0.3 is 9.53 Å². The van der Waals surface area contributed by atoms with Crippen LogP contribution in [0, 0.1) is 5.92 Å². The van der Waals surface area contributed by atoms with Crippen LogP contribution < -0.4 is 0 Å². The third kappa shape index (κ3) is 6.91. The van der Waals surface area contributed by atoms with Crippen LogP contribution in [-0.4, -0.2) is 26.1 Å². The number of unbranched alkanes of at least 4 members (excludes halogenated alkanes) is 3. The van der Waals surface area contributed by atoms with Crippen molar-refractivity contribution in [1.82, 2.24) is 0 Å². The van der Waals surface area contributed by atoms with E-state index in [4.69, 9.17) is 4.43 Å². The Kier molecular flexibility index (Phi) is 8.49. The Balaban J connectivity index is 4.51. The van der Waals surface area contributed by atoms with E-state index in [0.717, 1.165) is 6.42 Å². The molecule has 19 heavy (non-hydrogen) atoms. The molecule has 1 N–H and O–H groups in total. The van der Waals surface area contributed by atoms with Gasteiger partial charge in [0, 0.05) is 18.6 Å². The van der Waals surface area contributed by atoms with Gasteiger partial charge in [-0.3, -0.25) is 0 Å². The van der Waals surface area contributed by atoms with Crippen LogP contribution in [0.25, 0.3) is 0 Å². The first-order valence-corrected chi connectivity index (χ1v) is 10.8. The normalized spacial score (nSPS) is 16.4.